The highest BCUT2D eigenvalue weighted by molar-refractivity contribution is 5.45. The lowest BCUT2D eigenvalue weighted by molar-refractivity contribution is 0.0533. The van der Waals surface area contributed by atoms with E-state index in [1.807, 2.05) is 0 Å². The average molecular weight is 304 g/mol. The van der Waals surface area contributed by atoms with Gasteiger partial charge in [-0.15, -0.1) is 0 Å². The quantitative estimate of drug-likeness (QED) is 0.734. The van der Waals surface area contributed by atoms with Crippen molar-refractivity contribution in [1.82, 2.24) is 0 Å². The van der Waals surface area contributed by atoms with Gasteiger partial charge in [-0.25, -0.2) is 0 Å². The molecule has 0 amide bonds. The number of aliphatic hydroxyl groups is 1. The number of unbranched alkanes of at least 4 members (excludes halogenated alkanes) is 2. The molecule has 0 spiro atoms. The third kappa shape index (κ3) is 3.84. The van der Waals surface area contributed by atoms with Gasteiger partial charge in [-0.2, -0.15) is 0 Å². The largest absolute Gasteiger partial charge is 0.488 e. The van der Waals surface area contributed by atoms with Gasteiger partial charge in [0.1, 0.15) is 11.4 Å². The van der Waals surface area contributed by atoms with Gasteiger partial charge in [0.25, 0.3) is 0 Å². The second kappa shape index (κ2) is 6.62. The van der Waals surface area contributed by atoms with E-state index >= 15 is 0 Å². The first-order valence-corrected chi connectivity index (χ1v) is 8.73. The van der Waals surface area contributed by atoms with Crippen molar-refractivity contribution in [2.24, 2.45) is 0 Å². The van der Waals surface area contributed by atoms with E-state index < -0.39 is 0 Å². The molecule has 1 aliphatic rings. The van der Waals surface area contributed by atoms with Crippen LogP contribution in [0, 0.1) is 0 Å². The molecule has 0 saturated heterocycles. The highest BCUT2D eigenvalue weighted by Crippen LogP contribution is 2.45. The van der Waals surface area contributed by atoms with Gasteiger partial charge in [-0.1, -0.05) is 52.2 Å². The normalized spacial score (nSPS) is 20.1. The van der Waals surface area contributed by atoms with Gasteiger partial charge in [-0.3, -0.25) is 0 Å². The maximum absolute atomic E-state index is 9.76. The Bertz CT molecular complexity index is 502. The summed E-state index contributed by atoms with van der Waals surface area (Å²) in [6, 6.07) is 6.52. The highest BCUT2D eigenvalue weighted by atomic mass is 16.5. The predicted molar refractivity (Wildman–Crippen MR) is 92.8 cm³/mol. The van der Waals surface area contributed by atoms with Crippen molar-refractivity contribution < 1.29 is 9.84 Å². The minimum Gasteiger partial charge on any atom is -0.488 e. The van der Waals surface area contributed by atoms with Crippen molar-refractivity contribution in [1.29, 1.82) is 0 Å². The van der Waals surface area contributed by atoms with E-state index in [2.05, 4.69) is 52.8 Å². The fourth-order valence-corrected chi connectivity index (χ4v) is 3.92. The van der Waals surface area contributed by atoms with Crippen LogP contribution in [-0.2, 0) is 5.41 Å². The zero-order valence-corrected chi connectivity index (χ0v) is 14.9. The Balaban J connectivity index is 2.27. The molecule has 1 unspecified atom stereocenters. The molecule has 0 bridgehead atoms. The van der Waals surface area contributed by atoms with E-state index in [4.69, 9.17) is 4.74 Å². The molecular formula is C20H32O2. The number of hydrogen-bond acceptors (Lipinski definition) is 2. The molecule has 2 nitrogen and oxygen atoms in total. The Morgan fingerprint density at radius 2 is 1.91 bits per heavy atom. The van der Waals surface area contributed by atoms with Crippen molar-refractivity contribution in [2.45, 2.75) is 83.7 Å². The van der Waals surface area contributed by atoms with Gasteiger partial charge in [0.05, 0.1) is 0 Å². The van der Waals surface area contributed by atoms with E-state index in [9.17, 15) is 5.11 Å². The lowest BCUT2D eigenvalue weighted by Crippen LogP contribution is -2.41. The molecule has 1 heterocycles. The minimum absolute atomic E-state index is 0.108. The Hall–Kier alpha value is -1.02. The molecule has 0 aliphatic carbocycles. The van der Waals surface area contributed by atoms with Crippen LogP contribution in [0.4, 0.5) is 0 Å². The third-order valence-corrected chi connectivity index (χ3v) is 4.83. The van der Waals surface area contributed by atoms with E-state index in [1.165, 1.54) is 30.4 Å². The molecule has 0 radical (unpaired) electrons. The van der Waals surface area contributed by atoms with Crippen LogP contribution in [0.25, 0.3) is 0 Å². The first-order valence-electron chi connectivity index (χ1n) is 8.73. The van der Waals surface area contributed by atoms with E-state index in [-0.39, 0.29) is 23.5 Å². The molecule has 124 valence electrons. The van der Waals surface area contributed by atoms with Crippen LogP contribution >= 0.6 is 0 Å². The lowest BCUT2D eigenvalue weighted by Gasteiger charge is -2.42. The Morgan fingerprint density at radius 1 is 1.18 bits per heavy atom. The average Bonchev–Trinajstić information content (AvgIpc) is 2.42. The monoisotopic (exact) mass is 304 g/mol. The lowest BCUT2D eigenvalue weighted by atomic mass is 9.73. The van der Waals surface area contributed by atoms with Gasteiger partial charge in [-0.05, 0) is 43.7 Å². The molecule has 2 rings (SSSR count). The summed E-state index contributed by atoms with van der Waals surface area (Å²) in [5.74, 6) is 1.26. The smallest absolute Gasteiger partial charge is 0.123 e. The number of ether oxygens (including phenoxy) is 1. The number of hydrogen-bond donors (Lipinski definition) is 1. The second-order valence-corrected chi connectivity index (χ2v) is 8.05. The molecule has 2 heteroatoms. The van der Waals surface area contributed by atoms with Gasteiger partial charge >= 0.3 is 0 Å². The van der Waals surface area contributed by atoms with Crippen LogP contribution in [0.5, 0.6) is 5.75 Å². The molecule has 1 N–H and O–H groups in total. The molecule has 1 aromatic rings. The van der Waals surface area contributed by atoms with Gasteiger partial charge < -0.3 is 9.84 Å². The van der Waals surface area contributed by atoms with Crippen molar-refractivity contribution in [3.63, 3.8) is 0 Å². The van der Waals surface area contributed by atoms with Crippen LogP contribution in [0.1, 0.15) is 83.8 Å². The molecular weight excluding hydrogens is 272 g/mol. The zero-order valence-electron chi connectivity index (χ0n) is 14.9. The number of aliphatic hydroxyl groups excluding tert-OH is 1. The summed E-state index contributed by atoms with van der Waals surface area (Å²) in [4.78, 5) is 0. The molecule has 0 aromatic heterocycles. The predicted octanol–water partition coefficient (Wildman–Crippen LogP) is 5.18. The fraction of sp³-hybridized carbons (Fsp3) is 0.700. The second-order valence-electron chi connectivity index (χ2n) is 8.05. The van der Waals surface area contributed by atoms with Gasteiger partial charge in [0, 0.05) is 18.1 Å². The Morgan fingerprint density at radius 3 is 2.55 bits per heavy atom. The van der Waals surface area contributed by atoms with Crippen LogP contribution in [0.2, 0.25) is 0 Å². The summed E-state index contributed by atoms with van der Waals surface area (Å²) in [5, 5.41) is 9.76. The van der Waals surface area contributed by atoms with E-state index in [0.29, 0.717) is 0 Å². The summed E-state index contributed by atoms with van der Waals surface area (Å²) < 4.78 is 6.16. The summed E-state index contributed by atoms with van der Waals surface area (Å²) >= 11 is 0. The molecule has 1 aliphatic heterocycles. The molecule has 1 atom stereocenters. The van der Waals surface area contributed by atoms with Crippen molar-refractivity contribution >= 4 is 0 Å². The van der Waals surface area contributed by atoms with Crippen molar-refractivity contribution in [3.8, 4) is 5.75 Å². The molecule has 1 aromatic carbocycles. The van der Waals surface area contributed by atoms with Crippen LogP contribution < -0.4 is 4.74 Å². The first kappa shape index (κ1) is 17.3. The highest BCUT2D eigenvalue weighted by Gasteiger charge is 2.39. The maximum Gasteiger partial charge on any atom is 0.123 e. The standard InChI is InChI=1S/C20H32O2/c1-6-7-8-9-16(13-21)15-10-11-18-17(12-15)19(2,3)14-20(4,5)22-18/h10-12,16,21H,6-9,13-14H2,1-5H3. The SMILES string of the molecule is CCCCCC(CO)c1ccc2c(c1)C(C)(C)CC(C)(C)O2. The summed E-state index contributed by atoms with van der Waals surface area (Å²) in [5.41, 5.74) is 2.54. The number of benzene rings is 1. The van der Waals surface area contributed by atoms with Crippen LogP contribution in [-0.4, -0.2) is 17.3 Å². The van der Waals surface area contributed by atoms with E-state index in [0.717, 1.165) is 18.6 Å². The Kier molecular flexibility index (Phi) is 5.21. The summed E-state index contributed by atoms with van der Waals surface area (Å²) in [6.45, 7) is 11.4. The van der Waals surface area contributed by atoms with Crippen LogP contribution in [0.15, 0.2) is 18.2 Å². The maximum atomic E-state index is 9.76. The van der Waals surface area contributed by atoms with Crippen LogP contribution in [0.3, 0.4) is 0 Å². The molecule has 0 fully saturated rings. The summed E-state index contributed by atoms with van der Waals surface area (Å²) in [7, 11) is 0. The fourth-order valence-electron chi connectivity index (χ4n) is 3.92. The van der Waals surface area contributed by atoms with Crippen molar-refractivity contribution in [3.05, 3.63) is 29.3 Å². The molecule has 22 heavy (non-hydrogen) atoms. The van der Waals surface area contributed by atoms with Gasteiger partial charge in [0.2, 0.25) is 0 Å². The molecule has 0 saturated carbocycles. The number of rotatable bonds is 6. The first-order chi connectivity index (χ1) is 10.3. The van der Waals surface area contributed by atoms with Gasteiger partial charge in [0.15, 0.2) is 0 Å². The Labute approximate surface area is 135 Å². The number of fused-ring (bicyclic) bond motifs is 1. The third-order valence-electron chi connectivity index (χ3n) is 4.83. The van der Waals surface area contributed by atoms with Crippen molar-refractivity contribution in [2.75, 3.05) is 6.61 Å². The summed E-state index contributed by atoms with van der Waals surface area (Å²) in [6.07, 6.45) is 5.72. The van der Waals surface area contributed by atoms with E-state index in [1.54, 1.807) is 0 Å². The minimum atomic E-state index is -0.116. The zero-order chi connectivity index (χ0) is 16.4. The topological polar surface area (TPSA) is 29.5 Å².